The van der Waals surface area contributed by atoms with Gasteiger partial charge in [-0.1, -0.05) is 24.3 Å². The van der Waals surface area contributed by atoms with Crippen molar-refractivity contribution in [3.8, 4) is 0 Å². The van der Waals surface area contributed by atoms with Gasteiger partial charge in [0.05, 0.1) is 17.6 Å². The van der Waals surface area contributed by atoms with Crippen LogP contribution in [0.1, 0.15) is 42.3 Å². The van der Waals surface area contributed by atoms with Gasteiger partial charge in [0.1, 0.15) is 6.54 Å². The van der Waals surface area contributed by atoms with Crippen LogP contribution in [0.15, 0.2) is 30.6 Å². The number of amides is 1. The van der Waals surface area contributed by atoms with E-state index in [0.29, 0.717) is 6.54 Å². The Hall–Kier alpha value is -2.18. The summed E-state index contributed by atoms with van der Waals surface area (Å²) in [5, 5.41) is 3.68. The molecule has 1 spiro atoms. The highest BCUT2D eigenvalue weighted by molar-refractivity contribution is 5.76. The minimum Gasteiger partial charge on any atom is -0.381 e. The molecule has 1 aromatic carbocycles. The fourth-order valence-corrected chi connectivity index (χ4v) is 4.64. The van der Waals surface area contributed by atoms with Gasteiger partial charge in [-0.3, -0.25) is 4.79 Å². The molecule has 1 amide bonds. The van der Waals surface area contributed by atoms with Crippen molar-refractivity contribution in [3.63, 3.8) is 0 Å². The van der Waals surface area contributed by atoms with E-state index in [0.717, 1.165) is 51.1 Å². The monoisotopic (exact) mass is 396 g/mol. The summed E-state index contributed by atoms with van der Waals surface area (Å²) in [7, 11) is 1.91. The predicted molar refractivity (Wildman–Crippen MR) is 113 cm³/mol. The van der Waals surface area contributed by atoms with Crippen LogP contribution < -0.4 is 5.32 Å². The zero-order valence-electron chi connectivity index (χ0n) is 17.8. The normalized spacial score (nSPS) is 19.0. The lowest BCUT2D eigenvalue weighted by atomic mass is 9.82. The highest BCUT2D eigenvalue weighted by Crippen LogP contribution is 2.35. The lowest BCUT2D eigenvalue weighted by Crippen LogP contribution is -2.51. The number of nitrogens with zero attached hydrogens (tertiary/aromatic N) is 3. The van der Waals surface area contributed by atoms with Gasteiger partial charge in [-0.15, -0.1) is 0 Å². The largest absolute Gasteiger partial charge is 0.381 e. The van der Waals surface area contributed by atoms with Gasteiger partial charge in [0.2, 0.25) is 5.91 Å². The molecule has 2 aliphatic heterocycles. The molecule has 0 aliphatic carbocycles. The summed E-state index contributed by atoms with van der Waals surface area (Å²) in [6.45, 7) is 7.04. The van der Waals surface area contributed by atoms with E-state index in [1.165, 1.54) is 16.8 Å². The first-order chi connectivity index (χ1) is 14.0. The second kappa shape index (κ2) is 8.28. The molecule has 1 saturated heterocycles. The number of ether oxygens (including phenoxy) is 1. The van der Waals surface area contributed by atoms with E-state index >= 15 is 0 Å². The number of hydrogen-bond acceptors (Lipinski definition) is 4. The molecule has 4 rings (SSSR count). The van der Waals surface area contributed by atoms with E-state index in [1.807, 2.05) is 18.3 Å². The van der Waals surface area contributed by atoms with Crippen molar-refractivity contribution in [2.45, 2.75) is 57.7 Å². The molecule has 0 saturated carbocycles. The zero-order chi connectivity index (χ0) is 20.4. The molecule has 2 aromatic rings. The molecular weight excluding hydrogens is 364 g/mol. The molecule has 3 heterocycles. The molecule has 1 atom stereocenters. The van der Waals surface area contributed by atoms with E-state index in [-0.39, 0.29) is 17.5 Å². The first kappa shape index (κ1) is 20.1. The van der Waals surface area contributed by atoms with E-state index in [9.17, 15) is 4.79 Å². The number of hydrogen-bond donors (Lipinski definition) is 1. The summed E-state index contributed by atoms with van der Waals surface area (Å²) >= 11 is 0. The van der Waals surface area contributed by atoms with Gasteiger partial charge >= 0.3 is 0 Å². The standard InChI is InChI=1S/C23H32N4O2/c1-17-6-4-5-7-19(17)14-18(2)26(3)21(28)15-27-16-24-22-20(27)8-11-25-23(22)9-12-29-13-10-23/h4-7,16,18,25H,8-15H2,1-3H3. The Morgan fingerprint density at radius 1 is 1.34 bits per heavy atom. The number of aromatic nitrogens is 2. The van der Waals surface area contributed by atoms with Gasteiger partial charge in [-0.05, 0) is 44.2 Å². The van der Waals surface area contributed by atoms with Crippen LogP contribution in [0.5, 0.6) is 0 Å². The Labute approximate surface area is 173 Å². The van der Waals surface area contributed by atoms with Crippen molar-refractivity contribution in [1.29, 1.82) is 0 Å². The van der Waals surface area contributed by atoms with E-state index < -0.39 is 0 Å². The molecule has 1 N–H and O–H groups in total. The van der Waals surface area contributed by atoms with Crippen molar-refractivity contribution in [1.82, 2.24) is 19.8 Å². The topological polar surface area (TPSA) is 59.4 Å². The van der Waals surface area contributed by atoms with Crippen LogP contribution >= 0.6 is 0 Å². The maximum atomic E-state index is 13.0. The number of aryl methyl sites for hydroxylation is 1. The number of imidazole rings is 1. The molecule has 6 nitrogen and oxygen atoms in total. The number of rotatable bonds is 5. The smallest absolute Gasteiger partial charge is 0.242 e. The van der Waals surface area contributed by atoms with E-state index in [1.54, 1.807) is 0 Å². The Kier molecular flexibility index (Phi) is 5.74. The molecule has 2 aliphatic rings. The fraction of sp³-hybridized carbons (Fsp3) is 0.565. The zero-order valence-corrected chi connectivity index (χ0v) is 17.8. The first-order valence-electron chi connectivity index (χ1n) is 10.7. The molecule has 0 bridgehead atoms. The third kappa shape index (κ3) is 3.96. The molecule has 156 valence electrons. The van der Waals surface area contributed by atoms with Gasteiger partial charge < -0.3 is 19.5 Å². The third-order valence-electron chi connectivity index (χ3n) is 6.71. The average Bonchev–Trinajstić information content (AvgIpc) is 3.14. The average molecular weight is 397 g/mol. The second-order valence-corrected chi connectivity index (χ2v) is 8.52. The van der Waals surface area contributed by atoms with Crippen LogP contribution in [-0.2, 0) is 34.5 Å². The van der Waals surface area contributed by atoms with Crippen LogP contribution in [-0.4, -0.2) is 53.2 Å². The molecule has 1 unspecified atom stereocenters. The predicted octanol–water partition coefficient (Wildman–Crippen LogP) is 2.43. The van der Waals surface area contributed by atoms with Crippen molar-refractivity contribution in [3.05, 3.63) is 53.1 Å². The van der Waals surface area contributed by atoms with Gasteiger partial charge in [0.15, 0.2) is 0 Å². The summed E-state index contributed by atoms with van der Waals surface area (Å²) < 4.78 is 7.63. The minimum absolute atomic E-state index is 0.0792. The summed E-state index contributed by atoms with van der Waals surface area (Å²) in [5.41, 5.74) is 4.82. The fourth-order valence-electron chi connectivity index (χ4n) is 4.64. The van der Waals surface area contributed by atoms with Crippen LogP contribution in [0.4, 0.5) is 0 Å². The summed E-state index contributed by atoms with van der Waals surface area (Å²) in [6.07, 6.45) is 5.51. The summed E-state index contributed by atoms with van der Waals surface area (Å²) in [5.74, 6) is 0.130. The Balaban J connectivity index is 1.45. The van der Waals surface area contributed by atoms with Crippen LogP contribution in [0.3, 0.4) is 0 Å². The number of benzene rings is 1. The first-order valence-corrected chi connectivity index (χ1v) is 10.7. The second-order valence-electron chi connectivity index (χ2n) is 8.52. The van der Waals surface area contributed by atoms with Crippen molar-refractivity contribution in [2.24, 2.45) is 0 Å². The molecule has 6 heteroatoms. The molecule has 0 radical (unpaired) electrons. The maximum Gasteiger partial charge on any atom is 0.242 e. The van der Waals surface area contributed by atoms with Crippen molar-refractivity contribution in [2.75, 3.05) is 26.8 Å². The molecule has 1 aromatic heterocycles. The van der Waals surface area contributed by atoms with Gasteiger partial charge in [0.25, 0.3) is 0 Å². The van der Waals surface area contributed by atoms with Gasteiger partial charge in [-0.2, -0.15) is 0 Å². The number of carbonyl (C=O) groups is 1. The summed E-state index contributed by atoms with van der Waals surface area (Å²) in [6, 6.07) is 8.54. The van der Waals surface area contributed by atoms with Gasteiger partial charge in [0, 0.05) is 45.0 Å². The molecular formula is C23H32N4O2. The van der Waals surface area contributed by atoms with Crippen LogP contribution in [0.2, 0.25) is 0 Å². The minimum atomic E-state index is -0.0792. The number of carbonyl (C=O) groups excluding carboxylic acids is 1. The Morgan fingerprint density at radius 2 is 2.10 bits per heavy atom. The van der Waals surface area contributed by atoms with E-state index in [2.05, 4.69) is 48.0 Å². The molecule has 1 fully saturated rings. The van der Waals surface area contributed by atoms with Gasteiger partial charge in [-0.25, -0.2) is 4.98 Å². The lowest BCUT2D eigenvalue weighted by molar-refractivity contribution is -0.132. The lowest BCUT2D eigenvalue weighted by Gasteiger charge is -2.40. The number of nitrogens with one attached hydrogen (secondary N) is 1. The maximum absolute atomic E-state index is 13.0. The molecule has 29 heavy (non-hydrogen) atoms. The highest BCUT2D eigenvalue weighted by Gasteiger charge is 2.40. The van der Waals surface area contributed by atoms with Crippen molar-refractivity contribution < 1.29 is 9.53 Å². The Morgan fingerprint density at radius 3 is 2.86 bits per heavy atom. The highest BCUT2D eigenvalue weighted by atomic mass is 16.5. The Bertz CT molecular complexity index is 870. The quantitative estimate of drug-likeness (QED) is 0.843. The van der Waals surface area contributed by atoms with Crippen LogP contribution in [0.25, 0.3) is 0 Å². The number of fused-ring (bicyclic) bond motifs is 2. The number of likely N-dealkylation sites (N-methyl/N-ethyl adjacent to an activating group) is 1. The SMILES string of the molecule is Cc1ccccc1CC(C)N(C)C(=O)Cn1cnc2c1CCNC21CCOCC1. The van der Waals surface area contributed by atoms with Crippen molar-refractivity contribution >= 4 is 5.91 Å². The van der Waals surface area contributed by atoms with E-state index in [4.69, 9.17) is 9.72 Å². The summed E-state index contributed by atoms with van der Waals surface area (Å²) in [4.78, 5) is 19.6. The van der Waals surface area contributed by atoms with Crippen LogP contribution in [0, 0.1) is 6.92 Å². The third-order valence-corrected chi connectivity index (χ3v) is 6.71.